The summed E-state index contributed by atoms with van der Waals surface area (Å²) in [5, 5.41) is 12.2. The number of aryl methyl sites for hydroxylation is 1. The second kappa shape index (κ2) is 11.1. The van der Waals surface area contributed by atoms with Crippen LogP contribution in [-0.2, 0) is 14.3 Å². The molecule has 6 heteroatoms. The summed E-state index contributed by atoms with van der Waals surface area (Å²) >= 11 is 0. The van der Waals surface area contributed by atoms with Crippen molar-refractivity contribution in [3.8, 4) is 11.8 Å². The van der Waals surface area contributed by atoms with Gasteiger partial charge in [0.2, 0.25) is 0 Å². The van der Waals surface area contributed by atoms with Gasteiger partial charge in [0.25, 0.3) is 10.1 Å². The van der Waals surface area contributed by atoms with E-state index in [1.54, 1.807) is 12.1 Å². The fourth-order valence-corrected chi connectivity index (χ4v) is 5.32. The molecule has 4 aromatic carbocycles. The van der Waals surface area contributed by atoms with Gasteiger partial charge in [-0.2, -0.15) is 8.42 Å². The molecule has 1 heterocycles. The maximum Gasteiger partial charge on any atom is 0.297 e. The van der Waals surface area contributed by atoms with Gasteiger partial charge < -0.3 is 9.67 Å². The van der Waals surface area contributed by atoms with E-state index in [1.807, 2.05) is 103 Å². The molecular formula is C32H27NO4S. The fourth-order valence-electron chi connectivity index (χ4n) is 4.39. The Morgan fingerprint density at radius 3 is 2.18 bits per heavy atom. The maximum atomic E-state index is 12.8. The molecule has 5 nitrogen and oxygen atoms in total. The van der Waals surface area contributed by atoms with Crippen LogP contribution in [0.2, 0.25) is 0 Å². The predicted molar refractivity (Wildman–Crippen MR) is 149 cm³/mol. The van der Waals surface area contributed by atoms with Crippen LogP contribution < -0.4 is 0 Å². The summed E-state index contributed by atoms with van der Waals surface area (Å²) in [7, 11) is -4.02. The number of hydrogen-bond donors (Lipinski definition) is 1. The summed E-state index contributed by atoms with van der Waals surface area (Å²) in [6.45, 7) is 1.49. The Labute approximate surface area is 223 Å². The Morgan fingerprint density at radius 1 is 0.816 bits per heavy atom. The van der Waals surface area contributed by atoms with Crippen molar-refractivity contribution in [3.63, 3.8) is 0 Å². The fraction of sp³-hybridized carbons (Fsp3) is 0.125. The SMILES string of the molecule is Cc1ccc(S(=O)(=O)OCC(O)C(c2ccccc2)n2ccc3cc(C#Cc4ccccc4)ccc32)cc1. The number of hydrogen-bond acceptors (Lipinski definition) is 4. The molecule has 5 aromatic rings. The Morgan fingerprint density at radius 2 is 1.47 bits per heavy atom. The largest absolute Gasteiger partial charge is 0.388 e. The zero-order valence-corrected chi connectivity index (χ0v) is 21.7. The molecule has 0 amide bonds. The summed E-state index contributed by atoms with van der Waals surface area (Å²) in [4.78, 5) is 0.0575. The topological polar surface area (TPSA) is 68.5 Å². The van der Waals surface area contributed by atoms with Gasteiger partial charge >= 0.3 is 0 Å². The van der Waals surface area contributed by atoms with Crippen molar-refractivity contribution in [3.05, 3.63) is 138 Å². The second-order valence-corrected chi connectivity index (χ2v) is 10.7. The van der Waals surface area contributed by atoms with E-state index in [0.29, 0.717) is 0 Å². The monoisotopic (exact) mass is 521 g/mol. The Bertz CT molecular complexity index is 1700. The van der Waals surface area contributed by atoms with E-state index in [-0.39, 0.29) is 4.90 Å². The van der Waals surface area contributed by atoms with Crippen molar-refractivity contribution in [2.75, 3.05) is 6.61 Å². The highest BCUT2D eigenvalue weighted by Crippen LogP contribution is 2.29. The average molecular weight is 522 g/mol. The van der Waals surface area contributed by atoms with Crippen molar-refractivity contribution in [1.82, 2.24) is 4.57 Å². The lowest BCUT2D eigenvalue weighted by atomic mass is 10.0. The molecule has 0 saturated carbocycles. The van der Waals surface area contributed by atoms with Gasteiger partial charge in [0.05, 0.1) is 17.5 Å². The van der Waals surface area contributed by atoms with Crippen molar-refractivity contribution in [2.45, 2.75) is 24.0 Å². The van der Waals surface area contributed by atoms with Gasteiger partial charge in [-0.1, -0.05) is 78.1 Å². The Hall–Kier alpha value is -4.15. The van der Waals surface area contributed by atoms with Gasteiger partial charge in [-0.15, -0.1) is 0 Å². The third kappa shape index (κ3) is 5.71. The normalized spacial score (nSPS) is 13.0. The second-order valence-electron chi connectivity index (χ2n) is 9.09. The van der Waals surface area contributed by atoms with Crippen LogP contribution in [0.1, 0.15) is 28.3 Å². The number of benzene rings is 4. The van der Waals surface area contributed by atoms with Crippen LogP contribution in [-0.4, -0.2) is 30.8 Å². The number of aliphatic hydroxyl groups is 1. The van der Waals surface area contributed by atoms with Crippen LogP contribution >= 0.6 is 0 Å². The van der Waals surface area contributed by atoms with Crippen LogP contribution in [0.5, 0.6) is 0 Å². The molecule has 0 bridgehead atoms. The number of aromatic nitrogens is 1. The van der Waals surface area contributed by atoms with Crippen LogP contribution in [0.4, 0.5) is 0 Å². The van der Waals surface area contributed by atoms with Gasteiger partial charge in [-0.05, 0) is 61.0 Å². The van der Waals surface area contributed by atoms with Gasteiger partial charge in [-0.25, -0.2) is 0 Å². The zero-order chi connectivity index (χ0) is 26.5. The van der Waals surface area contributed by atoms with E-state index in [2.05, 4.69) is 11.8 Å². The predicted octanol–water partition coefficient (Wildman–Crippen LogP) is 5.71. The molecule has 190 valence electrons. The highest BCUT2D eigenvalue weighted by Gasteiger charge is 2.27. The summed E-state index contributed by atoms with van der Waals surface area (Å²) in [5.74, 6) is 6.38. The third-order valence-electron chi connectivity index (χ3n) is 6.35. The molecule has 0 fully saturated rings. The number of rotatable bonds is 7. The van der Waals surface area contributed by atoms with Crippen molar-refractivity contribution in [2.24, 2.45) is 0 Å². The smallest absolute Gasteiger partial charge is 0.297 e. The quantitative estimate of drug-likeness (QED) is 0.220. The van der Waals surface area contributed by atoms with Gasteiger partial charge in [-0.3, -0.25) is 4.18 Å². The number of aliphatic hydroxyl groups excluding tert-OH is 1. The minimum absolute atomic E-state index is 0.0575. The molecule has 5 rings (SSSR count). The van der Waals surface area contributed by atoms with Crippen LogP contribution in [0.15, 0.2) is 120 Å². The van der Waals surface area contributed by atoms with E-state index in [1.165, 1.54) is 12.1 Å². The molecule has 0 aliphatic heterocycles. The first-order valence-electron chi connectivity index (χ1n) is 12.3. The molecule has 1 N–H and O–H groups in total. The van der Waals surface area contributed by atoms with Crippen LogP contribution in [0, 0.1) is 18.8 Å². The molecule has 0 saturated heterocycles. The highest BCUT2D eigenvalue weighted by molar-refractivity contribution is 7.86. The average Bonchev–Trinajstić information content (AvgIpc) is 3.35. The lowest BCUT2D eigenvalue weighted by Crippen LogP contribution is -2.30. The zero-order valence-electron chi connectivity index (χ0n) is 20.9. The first-order chi connectivity index (χ1) is 18.4. The molecule has 1 aromatic heterocycles. The van der Waals surface area contributed by atoms with Crippen molar-refractivity contribution < 1.29 is 17.7 Å². The van der Waals surface area contributed by atoms with E-state index in [0.717, 1.165) is 33.2 Å². The minimum atomic E-state index is -4.02. The van der Waals surface area contributed by atoms with Crippen LogP contribution in [0.3, 0.4) is 0 Å². The van der Waals surface area contributed by atoms with E-state index >= 15 is 0 Å². The van der Waals surface area contributed by atoms with Gasteiger partial charge in [0, 0.05) is 28.2 Å². The lowest BCUT2D eigenvalue weighted by Gasteiger charge is -2.26. The highest BCUT2D eigenvalue weighted by atomic mass is 32.2. The van der Waals surface area contributed by atoms with Gasteiger partial charge in [0.15, 0.2) is 0 Å². The summed E-state index contributed by atoms with van der Waals surface area (Å²) < 4.78 is 32.8. The summed E-state index contributed by atoms with van der Waals surface area (Å²) in [6, 6.07) is 33.1. The minimum Gasteiger partial charge on any atom is -0.388 e. The van der Waals surface area contributed by atoms with E-state index in [4.69, 9.17) is 4.18 Å². The Balaban J connectivity index is 1.43. The molecule has 2 atom stereocenters. The third-order valence-corrected chi connectivity index (χ3v) is 7.65. The van der Waals surface area contributed by atoms with Gasteiger partial charge in [0.1, 0.15) is 6.10 Å². The lowest BCUT2D eigenvalue weighted by molar-refractivity contribution is 0.0785. The summed E-state index contributed by atoms with van der Waals surface area (Å²) in [6.07, 6.45) is 0.764. The standard InChI is InChI=1S/C32H27NO4S/c1-24-12-17-29(18-13-24)38(35,36)37-23-31(34)32(27-10-6-3-7-11-27)33-21-20-28-22-26(16-19-30(28)33)15-14-25-8-4-2-5-9-25/h2-13,16-22,31-32,34H,23H2,1H3. The van der Waals surface area contributed by atoms with Crippen LogP contribution in [0.25, 0.3) is 10.9 Å². The number of fused-ring (bicyclic) bond motifs is 1. The van der Waals surface area contributed by atoms with E-state index in [9.17, 15) is 13.5 Å². The molecule has 0 aliphatic carbocycles. The number of nitrogens with zero attached hydrogens (tertiary/aromatic N) is 1. The maximum absolute atomic E-state index is 12.8. The first kappa shape index (κ1) is 25.5. The summed E-state index contributed by atoms with van der Waals surface area (Å²) in [5.41, 5.74) is 4.50. The molecule has 0 radical (unpaired) electrons. The molecule has 0 aliphatic rings. The molecule has 0 spiro atoms. The van der Waals surface area contributed by atoms with Crippen molar-refractivity contribution in [1.29, 1.82) is 0 Å². The van der Waals surface area contributed by atoms with E-state index < -0.39 is 28.9 Å². The molecular weight excluding hydrogens is 494 g/mol. The Kier molecular flexibility index (Phi) is 7.43. The first-order valence-corrected chi connectivity index (χ1v) is 13.7. The molecule has 2 unspecified atom stereocenters. The van der Waals surface area contributed by atoms with Crippen molar-refractivity contribution >= 4 is 21.0 Å². The molecule has 38 heavy (non-hydrogen) atoms.